The topological polar surface area (TPSA) is 98.6 Å². The second-order valence-electron chi connectivity index (χ2n) is 9.76. The molecule has 1 aromatic heterocycles. The van der Waals surface area contributed by atoms with Crippen LogP contribution in [0.2, 0.25) is 0 Å². The van der Waals surface area contributed by atoms with E-state index in [2.05, 4.69) is 29.5 Å². The van der Waals surface area contributed by atoms with Crippen LogP contribution in [-0.2, 0) is 16.1 Å². The Labute approximate surface area is 225 Å². The molecule has 1 unspecified atom stereocenters. The standard InChI is InChI=1S/C29H30FN5O4/c1-19(2)13-14-31-29(37)28(20-7-9-21(30)10-8-20)35(22-11-12-25-26(17-22)39-16-15-38-25)27(36)18-34-24-6-4-3-5-23(24)32-33-34/h3-12,17,19,28H,13-16,18H2,1-2H3,(H,31,37). The SMILES string of the molecule is CC(C)CCNC(=O)C(c1ccc(F)cc1)N(C(=O)Cn1nnc2ccccc21)c1ccc2c(c1)OCCO2. The zero-order chi connectivity index (χ0) is 27.4. The summed E-state index contributed by atoms with van der Waals surface area (Å²) < 4.78 is 26.8. The minimum absolute atomic E-state index is 0.175. The molecular weight excluding hydrogens is 501 g/mol. The van der Waals surface area contributed by atoms with Gasteiger partial charge in [0.1, 0.15) is 37.1 Å². The third kappa shape index (κ3) is 5.84. The number of anilines is 1. The predicted octanol–water partition coefficient (Wildman–Crippen LogP) is 4.28. The summed E-state index contributed by atoms with van der Waals surface area (Å²) in [5.41, 5.74) is 2.23. The van der Waals surface area contributed by atoms with Crippen molar-refractivity contribution in [3.8, 4) is 11.5 Å². The van der Waals surface area contributed by atoms with Gasteiger partial charge in [-0.25, -0.2) is 9.07 Å². The Morgan fingerprint density at radius 3 is 2.54 bits per heavy atom. The van der Waals surface area contributed by atoms with Gasteiger partial charge in [0.15, 0.2) is 11.5 Å². The number of nitrogens with one attached hydrogen (secondary N) is 1. The fourth-order valence-electron chi connectivity index (χ4n) is 4.50. The average molecular weight is 532 g/mol. The van der Waals surface area contributed by atoms with Crippen molar-refractivity contribution in [2.45, 2.75) is 32.9 Å². The van der Waals surface area contributed by atoms with E-state index < -0.39 is 17.8 Å². The highest BCUT2D eigenvalue weighted by Gasteiger charge is 2.34. The van der Waals surface area contributed by atoms with E-state index in [1.165, 1.54) is 33.8 Å². The Balaban J connectivity index is 1.57. The Kier molecular flexibility index (Phi) is 7.72. The number of ether oxygens (including phenoxy) is 2. The normalized spacial score (nSPS) is 13.3. The monoisotopic (exact) mass is 531 g/mol. The van der Waals surface area contributed by atoms with Gasteiger partial charge in [0.05, 0.1) is 5.52 Å². The van der Waals surface area contributed by atoms with Gasteiger partial charge < -0.3 is 14.8 Å². The molecule has 4 aromatic rings. The van der Waals surface area contributed by atoms with Crippen molar-refractivity contribution >= 4 is 28.5 Å². The quantitative estimate of drug-likeness (QED) is 0.346. The lowest BCUT2D eigenvalue weighted by Gasteiger charge is -2.32. The minimum atomic E-state index is -1.08. The van der Waals surface area contributed by atoms with Gasteiger partial charge in [0.2, 0.25) is 11.8 Å². The highest BCUT2D eigenvalue weighted by Crippen LogP contribution is 2.37. The maximum absolute atomic E-state index is 14.1. The van der Waals surface area contributed by atoms with E-state index in [9.17, 15) is 14.0 Å². The van der Waals surface area contributed by atoms with Crippen LogP contribution in [0.5, 0.6) is 11.5 Å². The molecule has 0 saturated carbocycles. The molecule has 0 fully saturated rings. The van der Waals surface area contributed by atoms with Gasteiger partial charge >= 0.3 is 0 Å². The van der Waals surface area contributed by atoms with Crippen LogP contribution in [0.15, 0.2) is 66.7 Å². The molecule has 2 heterocycles. The molecule has 0 aliphatic carbocycles. The molecule has 0 bridgehead atoms. The Morgan fingerprint density at radius 2 is 1.77 bits per heavy atom. The molecule has 202 valence electrons. The summed E-state index contributed by atoms with van der Waals surface area (Å²) in [5.74, 6) is 0.180. The molecule has 10 heteroatoms. The summed E-state index contributed by atoms with van der Waals surface area (Å²) in [4.78, 5) is 29.3. The minimum Gasteiger partial charge on any atom is -0.486 e. The molecule has 0 saturated heterocycles. The van der Waals surface area contributed by atoms with Crippen molar-refractivity contribution < 1.29 is 23.5 Å². The number of carbonyl (C=O) groups excluding carboxylic acids is 2. The third-order valence-electron chi connectivity index (χ3n) is 6.49. The number of hydrogen-bond donors (Lipinski definition) is 1. The number of benzene rings is 3. The lowest BCUT2D eigenvalue weighted by Crippen LogP contribution is -2.45. The molecule has 5 rings (SSSR count). The Morgan fingerprint density at radius 1 is 1.03 bits per heavy atom. The lowest BCUT2D eigenvalue weighted by atomic mass is 10.0. The molecule has 2 amide bonds. The van der Waals surface area contributed by atoms with Crippen LogP contribution in [0.4, 0.5) is 10.1 Å². The molecule has 0 radical (unpaired) electrons. The fourth-order valence-corrected chi connectivity index (χ4v) is 4.50. The van der Waals surface area contributed by atoms with Crippen molar-refractivity contribution in [3.05, 3.63) is 78.1 Å². The molecule has 1 atom stereocenters. The van der Waals surface area contributed by atoms with E-state index in [1.54, 1.807) is 18.2 Å². The third-order valence-corrected chi connectivity index (χ3v) is 6.49. The molecule has 1 aliphatic rings. The van der Waals surface area contributed by atoms with Crippen LogP contribution in [0.25, 0.3) is 11.0 Å². The first-order valence-corrected chi connectivity index (χ1v) is 12.9. The van der Waals surface area contributed by atoms with Crippen LogP contribution in [-0.4, -0.2) is 46.6 Å². The number of hydrogen-bond acceptors (Lipinski definition) is 6. The van der Waals surface area contributed by atoms with E-state index in [0.717, 1.165) is 6.42 Å². The van der Waals surface area contributed by atoms with Gasteiger partial charge in [0, 0.05) is 18.3 Å². The first-order valence-electron chi connectivity index (χ1n) is 12.9. The van der Waals surface area contributed by atoms with Crippen molar-refractivity contribution in [2.24, 2.45) is 5.92 Å². The summed E-state index contributed by atoms with van der Waals surface area (Å²) in [6, 6.07) is 16.9. The Bertz CT molecular complexity index is 1470. The number of rotatable bonds is 9. The maximum atomic E-state index is 14.1. The molecule has 39 heavy (non-hydrogen) atoms. The number of carbonyl (C=O) groups is 2. The van der Waals surface area contributed by atoms with Gasteiger partial charge in [-0.15, -0.1) is 5.10 Å². The first-order chi connectivity index (χ1) is 18.9. The number of aromatic nitrogens is 3. The molecule has 0 spiro atoms. The summed E-state index contributed by atoms with van der Waals surface area (Å²) in [6.45, 7) is 5.18. The smallest absolute Gasteiger partial charge is 0.249 e. The zero-order valence-electron chi connectivity index (χ0n) is 21.8. The van der Waals surface area contributed by atoms with E-state index in [-0.39, 0.29) is 12.5 Å². The first kappa shape index (κ1) is 26.1. The van der Waals surface area contributed by atoms with Crippen LogP contribution in [0, 0.1) is 11.7 Å². The van der Waals surface area contributed by atoms with Crippen molar-refractivity contribution in [1.29, 1.82) is 0 Å². The average Bonchev–Trinajstić information content (AvgIpc) is 3.34. The largest absolute Gasteiger partial charge is 0.486 e. The van der Waals surface area contributed by atoms with Gasteiger partial charge in [-0.1, -0.05) is 43.3 Å². The van der Waals surface area contributed by atoms with Crippen LogP contribution < -0.4 is 19.7 Å². The van der Waals surface area contributed by atoms with Gasteiger partial charge in [0.25, 0.3) is 0 Å². The van der Waals surface area contributed by atoms with Gasteiger partial charge in [-0.05, 0) is 54.3 Å². The highest BCUT2D eigenvalue weighted by atomic mass is 19.1. The summed E-state index contributed by atoms with van der Waals surface area (Å²) in [5, 5.41) is 11.3. The van der Waals surface area contributed by atoms with E-state index in [0.29, 0.717) is 59.5 Å². The predicted molar refractivity (Wildman–Crippen MR) is 144 cm³/mol. The van der Waals surface area contributed by atoms with E-state index in [1.807, 2.05) is 24.3 Å². The van der Waals surface area contributed by atoms with Crippen molar-refractivity contribution in [1.82, 2.24) is 20.3 Å². The molecule has 9 nitrogen and oxygen atoms in total. The number of para-hydroxylation sites is 1. The number of fused-ring (bicyclic) bond motifs is 2. The van der Waals surface area contributed by atoms with Crippen molar-refractivity contribution in [2.75, 3.05) is 24.7 Å². The second kappa shape index (κ2) is 11.5. The Hall–Kier alpha value is -4.47. The van der Waals surface area contributed by atoms with Crippen LogP contribution in [0.1, 0.15) is 31.9 Å². The number of amides is 2. The molecule has 1 aliphatic heterocycles. The lowest BCUT2D eigenvalue weighted by molar-refractivity contribution is -0.127. The second-order valence-corrected chi connectivity index (χ2v) is 9.76. The molecule has 3 aromatic carbocycles. The van der Waals surface area contributed by atoms with Crippen LogP contribution in [0.3, 0.4) is 0 Å². The zero-order valence-corrected chi connectivity index (χ0v) is 21.8. The number of halogens is 1. The highest BCUT2D eigenvalue weighted by molar-refractivity contribution is 6.01. The molecule has 1 N–H and O–H groups in total. The number of nitrogens with zero attached hydrogens (tertiary/aromatic N) is 4. The fraction of sp³-hybridized carbons (Fsp3) is 0.310. The summed E-state index contributed by atoms with van der Waals surface area (Å²) in [7, 11) is 0. The molecular formula is C29H30FN5O4. The summed E-state index contributed by atoms with van der Waals surface area (Å²) in [6.07, 6.45) is 0.769. The summed E-state index contributed by atoms with van der Waals surface area (Å²) >= 11 is 0. The van der Waals surface area contributed by atoms with Gasteiger partial charge in [-0.3, -0.25) is 14.5 Å². The maximum Gasteiger partial charge on any atom is 0.249 e. The van der Waals surface area contributed by atoms with Gasteiger partial charge in [-0.2, -0.15) is 0 Å². The van der Waals surface area contributed by atoms with Crippen molar-refractivity contribution in [3.63, 3.8) is 0 Å². The van der Waals surface area contributed by atoms with E-state index in [4.69, 9.17) is 9.47 Å². The van der Waals surface area contributed by atoms with E-state index >= 15 is 0 Å². The van der Waals surface area contributed by atoms with Crippen LogP contribution >= 0.6 is 0 Å².